The molecule has 2 N–H and O–H groups in total. The molecule has 1 aromatic rings. The third kappa shape index (κ3) is 3.48. The van der Waals surface area contributed by atoms with Gasteiger partial charge in [-0.05, 0) is 5.56 Å². The summed E-state index contributed by atoms with van der Waals surface area (Å²) in [5, 5.41) is 8.42. The van der Waals surface area contributed by atoms with Crippen LogP contribution in [0, 0.1) is 0 Å². The molecule has 1 rings (SSSR count). The summed E-state index contributed by atoms with van der Waals surface area (Å²) in [5.41, 5.74) is 3.75. The van der Waals surface area contributed by atoms with Gasteiger partial charge < -0.3 is 5.11 Å². The second-order valence-electron chi connectivity index (χ2n) is 2.39. The first-order valence-electron chi connectivity index (χ1n) is 3.93. The van der Waals surface area contributed by atoms with Crippen LogP contribution in [-0.2, 0) is 11.4 Å². The number of hydrogen-bond acceptors (Lipinski definition) is 3. The Labute approximate surface area is 71.9 Å². The number of aliphatic hydroxyl groups is 1. The third-order valence-corrected chi connectivity index (χ3v) is 1.40. The van der Waals surface area contributed by atoms with Crippen LogP contribution in [0.1, 0.15) is 5.56 Å². The molecule has 0 atom stereocenters. The van der Waals surface area contributed by atoms with Crippen LogP contribution in [0.2, 0.25) is 0 Å². The van der Waals surface area contributed by atoms with Crippen molar-refractivity contribution in [1.29, 1.82) is 0 Å². The smallest absolute Gasteiger partial charge is 0.0933 e. The van der Waals surface area contributed by atoms with Crippen molar-refractivity contribution < 1.29 is 9.94 Å². The van der Waals surface area contributed by atoms with E-state index in [0.29, 0.717) is 13.2 Å². The maximum Gasteiger partial charge on any atom is 0.0933 e. The zero-order chi connectivity index (χ0) is 8.65. The summed E-state index contributed by atoms with van der Waals surface area (Å²) in [6, 6.07) is 9.86. The molecule has 0 amide bonds. The minimum Gasteiger partial charge on any atom is -0.395 e. The lowest BCUT2D eigenvalue weighted by Crippen LogP contribution is -2.18. The van der Waals surface area contributed by atoms with Crippen LogP contribution in [0.15, 0.2) is 30.3 Å². The monoisotopic (exact) mass is 167 g/mol. The molecule has 0 saturated heterocycles. The Hall–Kier alpha value is -0.900. The van der Waals surface area contributed by atoms with Crippen LogP contribution in [0.4, 0.5) is 0 Å². The van der Waals surface area contributed by atoms with E-state index in [2.05, 4.69) is 5.48 Å². The van der Waals surface area contributed by atoms with E-state index in [1.165, 1.54) is 0 Å². The Balaban J connectivity index is 2.16. The molecule has 0 aromatic heterocycles. The molecule has 12 heavy (non-hydrogen) atoms. The summed E-state index contributed by atoms with van der Waals surface area (Å²) in [7, 11) is 0. The van der Waals surface area contributed by atoms with Crippen LogP contribution in [-0.4, -0.2) is 18.3 Å². The molecule has 0 fully saturated rings. The zero-order valence-corrected chi connectivity index (χ0v) is 6.86. The minimum absolute atomic E-state index is 0.0921. The van der Waals surface area contributed by atoms with Crippen LogP contribution >= 0.6 is 0 Å². The molecule has 0 aliphatic heterocycles. The number of hydroxylamine groups is 1. The quantitative estimate of drug-likeness (QED) is 0.501. The van der Waals surface area contributed by atoms with Gasteiger partial charge in [-0.1, -0.05) is 30.3 Å². The van der Waals surface area contributed by atoms with Gasteiger partial charge in [0.25, 0.3) is 0 Å². The third-order valence-electron chi connectivity index (χ3n) is 1.40. The van der Waals surface area contributed by atoms with E-state index in [0.717, 1.165) is 5.56 Å². The van der Waals surface area contributed by atoms with Crippen LogP contribution in [0.25, 0.3) is 0 Å². The Morgan fingerprint density at radius 1 is 1.25 bits per heavy atom. The summed E-state index contributed by atoms with van der Waals surface area (Å²) in [4.78, 5) is 5.05. The van der Waals surface area contributed by atoms with Gasteiger partial charge in [0.2, 0.25) is 0 Å². The number of aliphatic hydroxyl groups excluding tert-OH is 1. The molecule has 0 bridgehead atoms. The summed E-state index contributed by atoms with van der Waals surface area (Å²) < 4.78 is 0. The first-order chi connectivity index (χ1) is 5.93. The van der Waals surface area contributed by atoms with Crippen LogP contribution in [0.3, 0.4) is 0 Å². The zero-order valence-electron chi connectivity index (χ0n) is 6.86. The van der Waals surface area contributed by atoms with Gasteiger partial charge in [-0.2, -0.15) is 5.48 Å². The molecule has 3 nitrogen and oxygen atoms in total. The highest BCUT2D eigenvalue weighted by Crippen LogP contribution is 1.98. The number of hydrogen-bond donors (Lipinski definition) is 2. The molecule has 0 heterocycles. The number of benzene rings is 1. The van der Waals surface area contributed by atoms with Gasteiger partial charge in [-0.25, -0.2) is 0 Å². The van der Waals surface area contributed by atoms with E-state index in [1.54, 1.807) is 0 Å². The highest BCUT2D eigenvalue weighted by atomic mass is 16.6. The predicted molar refractivity (Wildman–Crippen MR) is 46.3 cm³/mol. The fraction of sp³-hybridized carbons (Fsp3) is 0.333. The SMILES string of the molecule is OCCNOCc1ccccc1. The van der Waals surface area contributed by atoms with Gasteiger partial charge >= 0.3 is 0 Å². The molecule has 0 aliphatic rings. The highest BCUT2D eigenvalue weighted by molar-refractivity contribution is 5.13. The fourth-order valence-corrected chi connectivity index (χ4v) is 0.826. The Bertz CT molecular complexity index is 201. The van der Waals surface area contributed by atoms with Crippen molar-refractivity contribution in [2.24, 2.45) is 0 Å². The molecule has 0 unspecified atom stereocenters. The first-order valence-corrected chi connectivity index (χ1v) is 3.93. The maximum absolute atomic E-state index is 8.42. The van der Waals surface area contributed by atoms with Crippen molar-refractivity contribution in [2.45, 2.75) is 6.61 Å². The molecule has 66 valence electrons. The van der Waals surface area contributed by atoms with E-state index in [1.807, 2.05) is 30.3 Å². The van der Waals surface area contributed by atoms with E-state index < -0.39 is 0 Å². The lowest BCUT2D eigenvalue weighted by molar-refractivity contribution is 0.0198. The lowest BCUT2D eigenvalue weighted by Gasteiger charge is -2.03. The van der Waals surface area contributed by atoms with Crippen molar-refractivity contribution in [3.63, 3.8) is 0 Å². The predicted octanol–water partition coefficient (Wildman–Crippen LogP) is 0.700. The Kier molecular flexibility index (Phi) is 4.37. The van der Waals surface area contributed by atoms with Gasteiger partial charge in [-0.15, -0.1) is 0 Å². The van der Waals surface area contributed by atoms with Crippen molar-refractivity contribution in [2.75, 3.05) is 13.2 Å². The molecular formula is C9H13NO2. The van der Waals surface area contributed by atoms with Crippen LogP contribution in [0.5, 0.6) is 0 Å². The second kappa shape index (κ2) is 5.71. The van der Waals surface area contributed by atoms with E-state index >= 15 is 0 Å². The van der Waals surface area contributed by atoms with Crippen molar-refractivity contribution in [3.05, 3.63) is 35.9 Å². The topological polar surface area (TPSA) is 41.5 Å². The summed E-state index contributed by atoms with van der Waals surface area (Å²) >= 11 is 0. The average molecular weight is 167 g/mol. The van der Waals surface area contributed by atoms with Crippen molar-refractivity contribution in [3.8, 4) is 0 Å². The molecule has 0 aliphatic carbocycles. The number of nitrogens with one attached hydrogen (secondary N) is 1. The van der Waals surface area contributed by atoms with Crippen LogP contribution < -0.4 is 5.48 Å². The van der Waals surface area contributed by atoms with Gasteiger partial charge in [0.15, 0.2) is 0 Å². The number of rotatable bonds is 5. The van der Waals surface area contributed by atoms with E-state index in [9.17, 15) is 0 Å². The average Bonchev–Trinajstić information content (AvgIpc) is 2.14. The molecule has 3 heteroatoms. The van der Waals surface area contributed by atoms with E-state index in [4.69, 9.17) is 9.94 Å². The van der Waals surface area contributed by atoms with Crippen molar-refractivity contribution >= 4 is 0 Å². The lowest BCUT2D eigenvalue weighted by atomic mass is 10.2. The summed E-state index contributed by atoms with van der Waals surface area (Å²) in [6.45, 7) is 1.09. The van der Waals surface area contributed by atoms with E-state index in [-0.39, 0.29) is 6.61 Å². The second-order valence-corrected chi connectivity index (χ2v) is 2.39. The largest absolute Gasteiger partial charge is 0.395 e. The highest BCUT2D eigenvalue weighted by Gasteiger charge is 1.89. The summed E-state index contributed by atoms with van der Waals surface area (Å²) in [6.07, 6.45) is 0. The fourth-order valence-electron chi connectivity index (χ4n) is 0.826. The molecule has 0 radical (unpaired) electrons. The summed E-state index contributed by atoms with van der Waals surface area (Å²) in [5.74, 6) is 0. The molecule has 0 saturated carbocycles. The Morgan fingerprint density at radius 3 is 2.67 bits per heavy atom. The molecular weight excluding hydrogens is 154 g/mol. The van der Waals surface area contributed by atoms with Gasteiger partial charge in [0, 0.05) is 6.54 Å². The molecule has 0 spiro atoms. The first kappa shape index (κ1) is 9.19. The van der Waals surface area contributed by atoms with Gasteiger partial charge in [0.1, 0.15) is 0 Å². The maximum atomic E-state index is 8.42. The van der Waals surface area contributed by atoms with Gasteiger partial charge in [0.05, 0.1) is 13.2 Å². The minimum atomic E-state index is 0.0921. The Morgan fingerprint density at radius 2 is 2.00 bits per heavy atom. The molecule has 1 aromatic carbocycles. The van der Waals surface area contributed by atoms with Gasteiger partial charge in [-0.3, -0.25) is 4.84 Å². The standard InChI is InChI=1S/C9H13NO2/c11-7-6-10-12-8-9-4-2-1-3-5-9/h1-5,10-11H,6-8H2. The van der Waals surface area contributed by atoms with Crippen molar-refractivity contribution in [1.82, 2.24) is 5.48 Å². The normalized spacial score (nSPS) is 10.1.